The number of furan rings is 1. The predicted molar refractivity (Wildman–Crippen MR) is 73.6 cm³/mol. The molecule has 0 saturated heterocycles. The summed E-state index contributed by atoms with van der Waals surface area (Å²) in [6.07, 6.45) is 3.46. The molecule has 20 heavy (non-hydrogen) atoms. The molecular formula is C13H14N2O4S. The Labute approximate surface area is 119 Å². The summed E-state index contributed by atoms with van der Waals surface area (Å²) >= 11 is 1.23. The number of amides is 1. The van der Waals surface area contributed by atoms with E-state index in [4.69, 9.17) is 9.52 Å². The van der Waals surface area contributed by atoms with Crippen LogP contribution in [0.3, 0.4) is 0 Å². The summed E-state index contributed by atoms with van der Waals surface area (Å²) in [7, 11) is 0. The van der Waals surface area contributed by atoms with E-state index in [0.717, 1.165) is 0 Å². The topological polar surface area (TPSA) is 92.4 Å². The van der Waals surface area contributed by atoms with E-state index >= 15 is 0 Å². The monoisotopic (exact) mass is 294 g/mol. The fraction of sp³-hybridized carbons (Fsp3) is 0.308. The number of nitrogens with one attached hydrogen (secondary N) is 1. The van der Waals surface area contributed by atoms with Crippen molar-refractivity contribution >= 4 is 23.2 Å². The molecule has 0 bridgehead atoms. The van der Waals surface area contributed by atoms with E-state index < -0.39 is 5.97 Å². The molecule has 0 spiro atoms. The van der Waals surface area contributed by atoms with E-state index in [1.807, 2.05) is 0 Å². The van der Waals surface area contributed by atoms with E-state index in [1.165, 1.54) is 17.5 Å². The number of carboxylic acid groups (broad SMARTS) is 1. The van der Waals surface area contributed by atoms with Gasteiger partial charge in [0.15, 0.2) is 10.8 Å². The van der Waals surface area contributed by atoms with Gasteiger partial charge in [-0.3, -0.25) is 9.59 Å². The van der Waals surface area contributed by atoms with E-state index in [2.05, 4.69) is 10.3 Å². The van der Waals surface area contributed by atoms with Gasteiger partial charge >= 0.3 is 5.97 Å². The number of hydrogen-bond acceptors (Lipinski definition) is 5. The zero-order chi connectivity index (χ0) is 14.5. The van der Waals surface area contributed by atoms with Gasteiger partial charge in [-0.2, -0.15) is 0 Å². The molecule has 2 aromatic heterocycles. The Balaban J connectivity index is 1.94. The van der Waals surface area contributed by atoms with Crippen molar-refractivity contribution in [3.8, 4) is 10.8 Å². The van der Waals surface area contributed by atoms with Gasteiger partial charge in [-0.1, -0.05) is 0 Å². The van der Waals surface area contributed by atoms with Crippen molar-refractivity contribution in [1.82, 2.24) is 10.3 Å². The average molecular weight is 294 g/mol. The lowest BCUT2D eigenvalue weighted by molar-refractivity contribution is -0.137. The van der Waals surface area contributed by atoms with Crippen LogP contribution in [0.15, 0.2) is 29.0 Å². The molecule has 2 aromatic rings. The summed E-state index contributed by atoms with van der Waals surface area (Å²) < 4.78 is 5.21. The molecule has 0 aliphatic carbocycles. The van der Waals surface area contributed by atoms with Gasteiger partial charge in [-0.15, -0.1) is 11.3 Å². The smallest absolute Gasteiger partial charge is 0.303 e. The van der Waals surface area contributed by atoms with Gasteiger partial charge in [0.05, 0.1) is 12.5 Å². The van der Waals surface area contributed by atoms with Crippen molar-refractivity contribution in [2.75, 3.05) is 0 Å². The average Bonchev–Trinajstić information content (AvgIpc) is 3.06. The molecule has 1 atom stereocenters. The van der Waals surface area contributed by atoms with E-state index in [-0.39, 0.29) is 18.4 Å². The minimum Gasteiger partial charge on any atom is -0.481 e. The Kier molecular flexibility index (Phi) is 4.52. The number of thiazole rings is 1. The van der Waals surface area contributed by atoms with Crippen molar-refractivity contribution in [2.24, 2.45) is 0 Å². The highest BCUT2D eigenvalue weighted by Crippen LogP contribution is 2.25. The van der Waals surface area contributed by atoms with Gasteiger partial charge in [0.2, 0.25) is 0 Å². The summed E-state index contributed by atoms with van der Waals surface area (Å²) in [4.78, 5) is 27.0. The van der Waals surface area contributed by atoms with Crippen molar-refractivity contribution in [3.05, 3.63) is 29.5 Å². The van der Waals surface area contributed by atoms with Crippen LogP contribution >= 0.6 is 11.3 Å². The highest BCUT2D eigenvalue weighted by Gasteiger charge is 2.15. The Hall–Kier alpha value is -2.15. The fourth-order valence-electron chi connectivity index (χ4n) is 1.60. The number of hydrogen-bond donors (Lipinski definition) is 2. The van der Waals surface area contributed by atoms with Crippen LogP contribution in [0.25, 0.3) is 10.8 Å². The maximum absolute atomic E-state index is 12.0. The third kappa shape index (κ3) is 3.67. The van der Waals surface area contributed by atoms with Crippen molar-refractivity contribution in [2.45, 2.75) is 25.8 Å². The first-order chi connectivity index (χ1) is 9.56. The molecule has 2 heterocycles. The lowest BCUT2D eigenvalue weighted by Gasteiger charge is -2.11. The molecule has 0 aliphatic rings. The van der Waals surface area contributed by atoms with E-state index in [1.54, 1.807) is 25.3 Å². The molecule has 6 nitrogen and oxygen atoms in total. The lowest BCUT2D eigenvalue weighted by atomic mass is 10.2. The van der Waals surface area contributed by atoms with Crippen LogP contribution in [0.5, 0.6) is 0 Å². The number of nitrogens with zero attached hydrogens (tertiary/aromatic N) is 1. The standard InChI is InChI=1S/C13H14N2O4S/c1-8(4-5-11(16)17)15-12(18)10-7-14-13(20-10)9-3-2-6-19-9/h2-3,6-8H,4-5H2,1H3,(H,15,18)(H,16,17). The van der Waals surface area contributed by atoms with Crippen LogP contribution in [0.4, 0.5) is 0 Å². The quantitative estimate of drug-likeness (QED) is 0.853. The van der Waals surface area contributed by atoms with Gasteiger partial charge in [-0.25, -0.2) is 4.98 Å². The minimum atomic E-state index is -0.871. The van der Waals surface area contributed by atoms with Crippen LogP contribution in [0, 0.1) is 0 Å². The summed E-state index contributed by atoms with van der Waals surface area (Å²) in [5.41, 5.74) is 0. The number of carbonyl (C=O) groups excluding carboxylic acids is 1. The maximum Gasteiger partial charge on any atom is 0.303 e. The van der Waals surface area contributed by atoms with Crippen LogP contribution in [-0.2, 0) is 4.79 Å². The van der Waals surface area contributed by atoms with Gasteiger partial charge in [0.25, 0.3) is 5.91 Å². The first-order valence-corrected chi connectivity index (χ1v) is 6.90. The molecule has 2 N–H and O–H groups in total. The normalized spacial score (nSPS) is 12.1. The highest BCUT2D eigenvalue weighted by molar-refractivity contribution is 7.16. The molecule has 7 heteroatoms. The molecule has 1 unspecified atom stereocenters. The molecular weight excluding hydrogens is 280 g/mol. The zero-order valence-corrected chi connectivity index (χ0v) is 11.6. The van der Waals surface area contributed by atoms with Crippen molar-refractivity contribution in [3.63, 3.8) is 0 Å². The molecule has 0 aliphatic heterocycles. The third-order valence-corrected chi connectivity index (χ3v) is 3.64. The Bertz CT molecular complexity index is 591. The minimum absolute atomic E-state index is 0.0295. The summed E-state index contributed by atoms with van der Waals surface area (Å²) in [5, 5.41) is 12.0. The largest absolute Gasteiger partial charge is 0.481 e. The number of carboxylic acids is 1. The second-order valence-electron chi connectivity index (χ2n) is 4.31. The first-order valence-electron chi connectivity index (χ1n) is 6.08. The number of aliphatic carboxylic acids is 1. The second-order valence-corrected chi connectivity index (χ2v) is 5.34. The molecule has 0 aromatic carbocycles. The Morgan fingerprint density at radius 3 is 3.00 bits per heavy atom. The maximum atomic E-state index is 12.0. The van der Waals surface area contributed by atoms with E-state index in [9.17, 15) is 9.59 Å². The molecule has 1 amide bonds. The molecule has 106 valence electrons. The lowest BCUT2D eigenvalue weighted by Crippen LogP contribution is -2.32. The number of rotatable bonds is 6. The summed E-state index contributed by atoms with van der Waals surface area (Å²) in [6, 6.07) is 3.33. The summed E-state index contributed by atoms with van der Waals surface area (Å²) in [6.45, 7) is 1.77. The fourth-order valence-corrected chi connectivity index (χ4v) is 2.39. The Morgan fingerprint density at radius 2 is 2.35 bits per heavy atom. The molecule has 0 fully saturated rings. The highest BCUT2D eigenvalue weighted by atomic mass is 32.1. The van der Waals surface area contributed by atoms with Gasteiger partial charge < -0.3 is 14.8 Å². The molecule has 2 rings (SSSR count). The van der Waals surface area contributed by atoms with Crippen LogP contribution in [0.1, 0.15) is 29.4 Å². The second kappa shape index (κ2) is 6.33. The molecule has 0 saturated carbocycles. The van der Waals surface area contributed by atoms with Crippen LogP contribution in [0.2, 0.25) is 0 Å². The van der Waals surface area contributed by atoms with Crippen LogP contribution in [-0.4, -0.2) is 28.0 Å². The predicted octanol–water partition coefficient (Wildman–Crippen LogP) is 2.39. The van der Waals surface area contributed by atoms with Gasteiger partial charge in [-0.05, 0) is 25.5 Å². The van der Waals surface area contributed by atoms with Crippen molar-refractivity contribution in [1.29, 1.82) is 0 Å². The molecule has 0 radical (unpaired) electrons. The van der Waals surface area contributed by atoms with E-state index in [0.29, 0.717) is 22.1 Å². The zero-order valence-electron chi connectivity index (χ0n) is 10.8. The number of aromatic nitrogens is 1. The summed E-state index contributed by atoms with van der Waals surface area (Å²) in [5.74, 6) is -0.504. The van der Waals surface area contributed by atoms with Crippen LogP contribution < -0.4 is 5.32 Å². The first kappa shape index (κ1) is 14.3. The SMILES string of the molecule is CC(CCC(=O)O)NC(=O)c1cnc(-c2ccco2)s1. The van der Waals surface area contributed by atoms with Gasteiger partial charge in [0, 0.05) is 12.5 Å². The Morgan fingerprint density at radius 1 is 1.55 bits per heavy atom. The third-order valence-electron chi connectivity index (χ3n) is 2.63. The number of carbonyl (C=O) groups is 2. The van der Waals surface area contributed by atoms with Crippen molar-refractivity contribution < 1.29 is 19.1 Å². The van der Waals surface area contributed by atoms with Gasteiger partial charge in [0.1, 0.15) is 4.88 Å².